The maximum Gasteiger partial charge on any atom is 0.236 e. The van der Waals surface area contributed by atoms with Crippen LogP contribution in [0.4, 0.5) is 0 Å². The van der Waals surface area contributed by atoms with Crippen LogP contribution in [0.25, 0.3) is 0 Å². The molecule has 3 nitrogen and oxygen atoms in total. The van der Waals surface area contributed by atoms with Gasteiger partial charge in [-0.25, -0.2) is 0 Å². The molecule has 1 amide bonds. The van der Waals surface area contributed by atoms with Crippen molar-refractivity contribution in [2.75, 3.05) is 20.1 Å². The Morgan fingerprint density at radius 3 is 2.50 bits per heavy atom. The van der Waals surface area contributed by atoms with Crippen LogP contribution in [0.15, 0.2) is 0 Å². The molecule has 18 heavy (non-hydrogen) atoms. The minimum atomic E-state index is 0.0168. The first-order valence-electron chi connectivity index (χ1n) is 7.34. The van der Waals surface area contributed by atoms with E-state index in [2.05, 4.69) is 26.1 Å². The van der Waals surface area contributed by atoms with Gasteiger partial charge in [0.05, 0.1) is 6.54 Å². The maximum atomic E-state index is 12.0. The average Bonchev–Trinajstić information content (AvgIpc) is 2.86. The zero-order chi connectivity index (χ0) is 13.3. The second-order valence-corrected chi connectivity index (χ2v) is 7.31. The molecule has 3 atom stereocenters. The van der Waals surface area contributed by atoms with E-state index in [-0.39, 0.29) is 11.4 Å². The Balaban J connectivity index is 1.74. The van der Waals surface area contributed by atoms with Crippen LogP contribution in [0.3, 0.4) is 0 Å². The van der Waals surface area contributed by atoms with Crippen molar-refractivity contribution in [2.24, 2.45) is 17.8 Å². The molecular weight excluding hydrogens is 224 g/mol. The molecule has 104 valence electrons. The fraction of sp³-hybridized carbons (Fsp3) is 0.933. The Kier molecular flexibility index (Phi) is 4.00. The van der Waals surface area contributed by atoms with Crippen LogP contribution in [0.1, 0.15) is 46.5 Å². The molecular formula is C15H28N2O. The third kappa shape index (κ3) is 3.47. The van der Waals surface area contributed by atoms with Crippen molar-refractivity contribution in [3.05, 3.63) is 0 Å². The van der Waals surface area contributed by atoms with Gasteiger partial charge in [-0.3, -0.25) is 4.79 Å². The highest BCUT2D eigenvalue weighted by Gasteiger charge is 2.40. The number of hydrogen-bond acceptors (Lipinski definition) is 2. The number of fused-ring (bicyclic) bond motifs is 2. The Hall–Kier alpha value is -0.570. The van der Waals surface area contributed by atoms with E-state index in [1.165, 1.54) is 25.7 Å². The smallest absolute Gasteiger partial charge is 0.236 e. The normalized spacial score (nSPS) is 30.8. The molecule has 3 heteroatoms. The first kappa shape index (κ1) is 13.9. The monoisotopic (exact) mass is 252 g/mol. The lowest BCUT2D eigenvalue weighted by Crippen LogP contribution is -2.45. The van der Waals surface area contributed by atoms with E-state index in [0.29, 0.717) is 6.54 Å². The Morgan fingerprint density at radius 2 is 2.00 bits per heavy atom. The van der Waals surface area contributed by atoms with Gasteiger partial charge in [0.25, 0.3) is 0 Å². The van der Waals surface area contributed by atoms with Crippen molar-refractivity contribution in [1.29, 1.82) is 0 Å². The number of nitrogens with one attached hydrogen (secondary N) is 1. The number of hydrogen-bond donors (Lipinski definition) is 1. The zero-order valence-electron chi connectivity index (χ0n) is 12.3. The fourth-order valence-electron chi connectivity index (χ4n) is 3.53. The van der Waals surface area contributed by atoms with Crippen molar-refractivity contribution in [2.45, 2.75) is 52.0 Å². The number of carbonyl (C=O) groups is 1. The summed E-state index contributed by atoms with van der Waals surface area (Å²) in [7, 11) is 1.96. The quantitative estimate of drug-likeness (QED) is 0.832. The van der Waals surface area contributed by atoms with Gasteiger partial charge in [-0.2, -0.15) is 0 Å². The largest absolute Gasteiger partial charge is 0.344 e. The predicted molar refractivity (Wildman–Crippen MR) is 74.3 cm³/mol. The molecule has 2 fully saturated rings. The summed E-state index contributed by atoms with van der Waals surface area (Å²) >= 11 is 0. The second-order valence-electron chi connectivity index (χ2n) is 7.31. The summed E-state index contributed by atoms with van der Waals surface area (Å²) in [6.45, 7) is 7.70. The molecule has 0 spiro atoms. The fourth-order valence-corrected chi connectivity index (χ4v) is 3.53. The highest BCUT2D eigenvalue weighted by Crippen LogP contribution is 2.48. The molecule has 0 heterocycles. The molecule has 1 N–H and O–H groups in total. The van der Waals surface area contributed by atoms with Crippen molar-refractivity contribution >= 4 is 5.91 Å². The summed E-state index contributed by atoms with van der Waals surface area (Å²) in [5.74, 6) is 2.87. The lowest BCUT2D eigenvalue weighted by molar-refractivity contribution is -0.130. The van der Waals surface area contributed by atoms with Crippen LogP contribution in [0.5, 0.6) is 0 Å². The van der Waals surface area contributed by atoms with E-state index in [9.17, 15) is 4.79 Å². The molecule has 0 radical (unpaired) electrons. The van der Waals surface area contributed by atoms with Gasteiger partial charge < -0.3 is 10.2 Å². The minimum Gasteiger partial charge on any atom is -0.344 e. The van der Waals surface area contributed by atoms with Gasteiger partial charge in [-0.1, -0.05) is 6.42 Å². The molecule has 2 aliphatic rings. The van der Waals surface area contributed by atoms with E-state index in [1.807, 2.05) is 11.9 Å². The van der Waals surface area contributed by atoms with Gasteiger partial charge in [0, 0.05) is 19.1 Å². The topological polar surface area (TPSA) is 32.3 Å². The summed E-state index contributed by atoms with van der Waals surface area (Å²) in [5, 5.41) is 3.27. The molecule has 0 saturated heterocycles. The van der Waals surface area contributed by atoms with E-state index in [4.69, 9.17) is 0 Å². The van der Waals surface area contributed by atoms with Crippen LogP contribution in [0, 0.1) is 17.8 Å². The second kappa shape index (κ2) is 5.20. The highest BCUT2D eigenvalue weighted by molar-refractivity contribution is 5.78. The minimum absolute atomic E-state index is 0.0168. The van der Waals surface area contributed by atoms with Gasteiger partial charge in [0.1, 0.15) is 0 Å². The highest BCUT2D eigenvalue weighted by atomic mass is 16.2. The zero-order valence-corrected chi connectivity index (χ0v) is 12.3. The summed E-state index contributed by atoms with van der Waals surface area (Å²) in [4.78, 5) is 14.0. The van der Waals surface area contributed by atoms with Crippen LogP contribution in [-0.2, 0) is 4.79 Å². The van der Waals surface area contributed by atoms with Gasteiger partial charge in [0.2, 0.25) is 5.91 Å². The van der Waals surface area contributed by atoms with E-state index in [0.717, 1.165) is 24.3 Å². The Labute approximate surface area is 111 Å². The van der Waals surface area contributed by atoms with E-state index >= 15 is 0 Å². The van der Waals surface area contributed by atoms with Crippen LogP contribution in [0.2, 0.25) is 0 Å². The van der Waals surface area contributed by atoms with Gasteiger partial charge in [-0.15, -0.1) is 0 Å². The number of nitrogens with zero attached hydrogens (tertiary/aromatic N) is 1. The van der Waals surface area contributed by atoms with Crippen molar-refractivity contribution in [1.82, 2.24) is 10.2 Å². The summed E-state index contributed by atoms with van der Waals surface area (Å²) < 4.78 is 0. The number of amides is 1. The van der Waals surface area contributed by atoms with Crippen molar-refractivity contribution in [3.63, 3.8) is 0 Å². The molecule has 0 aromatic rings. The summed E-state index contributed by atoms with van der Waals surface area (Å²) in [6, 6.07) is 0. The summed E-state index contributed by atoms with van der Waals surface area (Å²) in [6.07, 6.45) is 5.62. The standard InChI is InChI=1S/C15H28N2O/c1-15(2,3)16-9-14(18)17(4)10-13-8-11-5-6-12(13)7-11/h11-13,16H,5-10H2,1-4H3. The number of rotatable bonds is 4. The Bertz CT molecular complexity index is 308. The molecule has 2 aliphatic carbocycles. The van der Waals surface area contributed by atoms with Crippen molar-refractivity contribution in [3.8, 4) is 0 Å². The van der Waals surface area contributed by atoms with Gasteiger partial charge in [0.15, 0.2) is 0 Å². The molecule has 0 aliphatic heterocycles. The lowest BCUT2D eigenvalue weighted by atomic mass is 9.88. The average molecular weight is 252 g/mol. The third-order valence-corrected chi connectivity index (χ3v) is 4.59. The predicted octanol–water partition coefficient (Wildman–Crippen LogP) is 2.27. The molecule has 0 aromatic heterocycles. The molecule has 0 aromatic carbocycles. The first-order chi connectivity index (χ1) is 8.35. The SMILES string of the molecule is CN(CC1CC2CCC1C2)C(=O)CNC(C)(C)C. The van der Waals surface area contributed by atoms with Crippen LogP contribution in [-0.4, -0.2) is 36.5 Å². The van der Waals surface area contributed by atoms with E-state index in [1.54, 1.807) is 0 Å². The summed E-state index contributed by atoms with van der Waals surface area (Å²) in [5.41, 5.74) is 0.0168. The van der Waals surface area contributed by atoms with Crippen molar-refractivity contribution < 1.29 is 4.79 Å². The molecule has 2 rings (SSSR count). The van der Waals surface area contributed by atoms with Gasteiger partial charge >= 0.3 is 0 Å². The van der Waals surface area contributed by atoms with Crippen LogP contribution >= 0.6 is 0 Å². The molecule has 3 unspecified atom stereocenters. The van der Waals surface area contributed by atoms with Crippen LogP contribution < -0.4 is 5.32 Å². The Morgan fingerprint density at radius 1 is 1.28 bits per heavy atom. The number of likely N-dealkylation sites (N-methyl/N-ethyl adjacent to an activating group) is 1. The lowest BCUT2D eigenvalue weighted by Gasteiger charge is -2.28. The van der Waals surface area contributed by atoms with E-state index < -0.39 is 0 Å². The first-order valence-corrected chi connectivity index (χ1v) is 7.34. The molecule has 2 bridgehead atoms. The van der Waals surface area contributed by atoms with Gasteiger partial charge in [-0.05, 0) is 57.8 Å². The third-order valence-electron chi connectivity index (χ3n) is 4.59. The molecule has 2 saturated carbocycles. The maximum absolute atomic E-state index is 12.0. The number of carbonyl (C=O) groups excluding carboxylic acids is 1.